The highest BCUT2D eigenvalue weighted by Gasteiger charge is 2.07. The van der Waals surface area contributed by atoms with Gasteiger partial charge in [-0.15, -0.1) is 0 Å². The molecule has 0 aliphatic rings. The van der Waals surface area contributed by atoms with Crippen LogP contribution in [-0.2, 0) is 0 Å². The molecule has 0 radical (unpaired) electrons. The van der Waals surface area contributed by atoms with E-state index in [-0.39, 0.29) is 0 Å². The second-order valence-corrected chi connectivity index (χ2v) is 4.07. The Hall–Kier alpha value is -0.570. The summed E-state index contributed by atoms with van der Waals surface area (Å²) in [5.41, 5.74) is 0.852. The Morgan fingerprint density at radius 1 is 1.43 bits per heavy atom. The van der Waals surface area contributed by atoms with E-state index in [1.165, 1.54) is 0 Å². The van der Waals surface area contributed by atoms with Gasteiger partial charge in [-0.05, 0) is 17.7 Å². The molecule has 2 N–H and O–H groups in total. The summed E-state index contributed by atoms with van der Waals surface area (Å²) in [5, 5.41) is 13.6. The highest BCUT2D eigenvalue weighted by molar-refractivity contribution is 6.30. The molecular weight excluding hydrogens is 198 g/mol. The molecule has 0 aliphatic carbocycles. The maximum absolute atomic E-state index is 9.77. The number of benzene rings is 1. The van der Waals surface area contributed by atoms with E-state index < -0.39 is 6.10 Å². The van der Waals surface area contributed by atoms with Crippen LogP contribution in [-0.4, -0.2) is 17.7 Å². The molecule has 0 saturated carbocycles. The molecule has 1 rings (SSSR count). The number of aliphatic hydroxyl groups is 1. The predicted octanol–water partition coefficient (Wildman–Crippen LogP) is 2.37. The third-order valence-electron chi connectivity index (χ3n) is 1.95. The van der Waals surface area contributed by atoms with Crippen molar-refractivity contribution >= 4 is 11.6 Å². The molecule has 0 aliphatic heterocycles. The Morgan fingerprint density at radius 2 is 2.14 bits per heavy atom. The van der Waals surface area contributed by atoms with Crippen molar-refractivity contribution in [2.75, 3.05) is 6.54 Å². The fourth-order valence-electron chi connectivity index (χ4n) is 1.18. The summed E-state index contributed by atoms with van der Waals surface area (Å²) < 4.78 is 0. The molecule has 1 aromatic rings. The van der Waals surface area contributed by atoms with E-state index in [0.717, 1.165) is 5.56 Å². The summed E-state index contributed by atoms with van der Waals surface area (Å²) in [4.78, 5) is 0. The number of nitrogens with one attached hydrogen (secondary N) is 1. The SMILES string of the molecule is CC(C)NC[C@H](O)c1cccc(Cl)c1. The first-order chi connectivity index (χ1) is 6.59. The maximum atomic E-state index is 9.77. The van der Waals surface area contributed by atoms with E-state index in [2.05, 4.69) is 5.32 Å². The third-order valence-corrected chi connectivity index (χ3v) is 2.19. The van der Waals surface area contributed by atoms with Crippen LogP contribution in [0.25, 0.3) is 0 Å². The maximum Gasteiger partial charge on any atom is 0.0914 e. The lowest BCUT2D eigenvalue weighted by Gasteiger charge is -2.14. The minimum absolute atomic E-state index is 0.379. The molecular formula is C11H16ClNO. The summed E-state index contributed by atoms with van der Waals surface area (Å²) in [6.45, 7) is 4.65. The fraction of sp³-hybridized carbons (Fsp3) is 0.455. The Balaban J connectivity index is 2.56. The number of hydrogen-bond donors (Lipinski definition) is 2. The summed E-state index contributed by atoms with van der Waals surface area (Å²) in [6, 6.07) is 7.68. The standard InChI is InChI=1S/C11H16ClNO/c1-8(2)13-7-11(14)9-4-3-5-10(12)6-9/h3-6,8,11,13-14H,7H2,1-2H3/t11-/m0/s1. The first kappa shape index (κ1) is 11.5. The second-order valence-electron chi connectivity index (χ2n) is 3.63. The van der Waals surface area contributed by atoms with Crippen LogP contribution in [0.4, 0.5) is 0 Å². The molecule has 2 nitrogen and oxygen atoms in total. The van der Waals surface area contributed by atoms with Crippen LogP contribution in [0.5, 0.6) is 0 Å². The first-order valence-corrected chi connectivity index (χ1v) is 5.14. The normalized spacial score (nSPS) is 13.2. The van der Waals surface area contributed by atoms with Crippen LogP contribution in [0.3, 0.4) is 0 Å². The van der Waals surface area contributed by atoms with Crippen molar-refractivity contribution < 1.29 is 5.11 Å². The number of hydrogen-bond acceptors (Lipinski definition) is 2. The van der Waals surface area contributed by atoms with Gasteiger partial charge < -0.3 is 10.4 Å². The average molecular weight is 214 g/mol. The van der Waals surface area contributed by atoms with E-state index in [9.17, 15) is 5.11 Å². The van der Waals surface area contributed by atoms with Gasteiger partial charge in [-0.2, -0.15) is 0 Å². The van der Waals surface area contributed by atoms with Gasteiger partial charge in [-0.3, -0.25) is 0 Å². The van der Waals surface area contributed by atoms with Crippen molar-refractivity contribution in [3.63, 3.8) is 0 Å². The molecule has 1 aromatic carbocycles. The Bertz CT molecular complexity index is 288. The van der Waals surface area contributed by atoms with Gasteiger partial charge in [0.15, 0.2) is 0 Å². The zero-order chi connectivity index (χ0) is 10.6. The monoisotopic (exact) mass is 213 g/mol. The van der Waals surface area contributed by atoms with E-state index in [1.807, 2.05) is 26.0 Å². The first-order valence-electron chi connectivity index (χ1n) is 4.76. The van der Waals surface area contributed by atoms with Crippen LogP contribution in [0.1, 0.15) is 25.5 Å². The van der Waals surface area contributed by atoms with Gasteiger partial charge in [0.25, 0.3) is 0 Å². The molecule has 0 bridgehead atoms. The third kappa shape index (κ3) is 3.66. The minimum atomic E-state index is -0.490. The van der Waals surface area contributed by atoms with Crippen molar-refractivity contribution in [2.24, 2.45) is 0 Å². The molecule has 0 spiro atoms. The Morgan fingerprint density at radius 3 is 2.71 bits per heavy atom. The molecule has 0 fully saturated rings. The van der Waals surface area contributed by atoms with Crippen molar-refractivity contribution in [3.8, 4) is 0 Å². The highest BCUT2D eigenvalue weighted by atomic mass is 35.5. The molecule has 3 heteroatoms. The van der Waals surface area contributed by atoms with E-state index >= 15 is 0 Å². The topological polar surface area (TPSA) is 32.3 Å². The molecule has 78 valence electrons. The molecule has 0 saturated heterocycles. The lowest BCUT2D eigenvalue weighted by Crippen LogP contribution is -2.27. The van der Waals surface area contributed by atoms with Crippen LogP contribution in [0.2, 0.25) is 5.02 Å². The Kier molecular flexibility index (Phi) is 4.39. The van der Waals surface area contributed by atoms with Crippen molar-refractivity contribution in [3.05, 3.63) is 34.9 Å². The van der Waals surface area contributed by atoms with Gasteiger partial charge in [0.05, 0.1) is 6.10 Å². The van der Waals surface area contributed by atoms with Crippen LogP contribution in [0.15, 0.2) is 24.3 Å². The largest absolute Gasteiger partial charge is 0.387 e. The van der Waals surface area contributed by atoms with Crippen LogP contribution in [0, 0.1) is 0 Å². The molecule has 14 heavy (non-hydrogen) atoms. The second kappa shape index (κ2) is 5.35. The summed E-state index contributed by atoms with van der Waals surface area (Å²) in [7, 11) is 0. The molecule has 0 amide bonds. The molecule has 0 heterocycles. The number of aliphatic hydroxyl groups excluding tert-OH is 1. The van der Waals surface area contributed by atoms with E-state index in [4.69, 9.17) is 11.6 Å². The fourth-order valence-corrected chi connectivity index (χ4v) is 1.38. The zero-order valence-corrected chi connectivity index (χ0v) is 9.25. The lowest BCUT2D eigenvalue weighted by molar-refractivity contribution is 0.171. The van der Waals surface area contributed by atoms with Crippen LogP contribution >= 0.6 is 11.6 Å². The van der Waals surface area contributed by atoms with Crippen molar-refractivity contribution in [1.82, 2.24) is 5.32 Å². The molecule has 1 atom stereocenters. The predicted molar refractivity (Wildman–Crippen MR) is 59.6 cm³/mol. The summed E-state index contributed by atoms with van der Waals surface area (Å²) in [6.07, 6.45) is -0.490. The van der Waals surface area contributed by atoms with Gasteiger partial charge in [-0.1, -0.05) is 37.6 Å². The number of halogens is 1. The highest BCUT2D eigenvalue weighted by Crippen LogP contribution is 2.16. The zero-order valence-electron chi connectivity index (χ0n) is 8.50. The summed E-state index contributed by atoms with van der Waals surface area (Å²) in [5.74, 6) is 0. The van der Waals surface area contributed by atoms with Gasteiger partial charge >= 0.3 is 0 Å². The van der Waals surface area contributed by atoms with Gasteiger partial charge in [0, 0.05) is 17.6 Å². The van der Waals surface area contributed by atoms with Gasteiger partial charge in [0.1, 0.15) is 0 Å². The molecule has 0 unspecified atom stereocenters. The lowest BCUT2D eigenvalue weighted by atomic mass is 10.1. The van der Waals surface area contributed by atoms with Crippen LogP contribution < -0.4 is 5.32 Å². The minimum Gasteiger partial charge on any atom is -0.387 e. The van der Waals surface area contributed by atoms with Crippen molar-refractivity contribution in [2.45, 2.75) is 26.0 Å². The van der Waals surface area contributed by atoms with Gasteiger partial charge in [-0.25, -0.2) is 0 Å². The van der Waals surface area contributed by atoms with E-state index in [1.54, 1.807) is 12.1 Å². The quantitative estimate of drug-likeness (QED) is 0.805. The summed E-state index contributed by atoms with van der Waals surface area (Å²) >= 11 is 5.82. The Labute approximate surface area is 89.9 Å². The average Bonchev–Trinajstić information content (AvgIpc) is 2.14. The van der Waals surface area contributed by atoms with E-state index in [0.29, 0.717) is 17.6 Å². The number of rotatable bonds is 4. The smallest absolute Gasteiger partial charge is 0.0914 e. The molecule has 0 aromatic heterocycles. The van der Waals surface area contributed by atoms with Crippen molar-refractivity contribution in [1.29, 1.82) is 0 Å². The van der Waals surface area contributed by atoms with Gasteiger partial charge in [0.2, 0.25) is 0 Å².